The number of urea groups is 1. The van der Waals surface area contributed by atoms with Crippen molar-refractivity contribution < 1.29 is 9.59 Å². The van der Waals surface area contributed by atoms with Crippen molar-refractivity contribution in [2.45, 2.75) is 44.7 Å². The highest BCUT2D eigenvalue weighted by atomic mass is 16.2. The zero-order valence-corrected chi connectivity index (χ0v) is 14.4. The predicted octanol–water partition coefficient (Wildman–Crippen LogP) is 2.42. The standard InChI is InChI=1S/C18H26N4O2/c1-3-21(2)15-10-6-4-8-13(15)20-18(24)22-12-17(23)19-14-9-5-7-11-16(14)22/h4,6,8,10,14,16H,3,5,7,9,11-12H2,1-2H3,(H,19,23)(H,20,24)/t14-,16-/m0/s1. The fraction of sp³-hybridized carbons (Fsp3) is 0.556. The molecule has 6 heteroatoms. The molecular weight excluding hydrogens is 304 g/mol. The molecule has 2 N–H and O–H groups in total. The monoisotopic (exact) mass is 330 g/mol. The maximum Gasteiger partial charge on any atom is 0.322 e. The molecule has 2 aliphatic rings. The number of rotatable bonds is 3. The largest absolute Gasteiger partial charge is 0.373 e. The number of para-hydroxylation sites is 2. The number of nitrogens with one attached hydrogen (secondary N) is 2. The molecule has 1 aliphatic carbocycles. The molecule has 1 heterocycles. The number of fused-ring (bicyclic) bond motifs is 1. The third kappa shape index (κ3) is 3.32. The van der Waals surface area contributed by atoms with E-state index in [-0.39, 0.29) is 30.6 Å². The first-order valence-corrected chi connectivity index (χ1v) is 8.77. The van der Waals surface area contributed by atoms with E-state index in [2.05, 4.69) is 22.5 Å². The summed E-state index contributed by atoms with van der Waals surface area (Å²) in [7, 11) is 2.00. The lowest BCUT2D eigenvalue weighted by atomic mass is 9.87. The van der Waals surface area contributed by atoms with E-state index in [9.17, 15) is 9.59 Å². The van der Waals surface area contributed by atoms with Gasteiger partial charge in [0.05, 0.1) is 17.4 Å². The highest BCUT2D eigenvalue weighted by Gasteiger charge is 2.38. The van der Waals surface area contributed by atoms with E-state index >= 15 is 0 Å². The number of carbonyl (C=O) groups excluding carboxylic acids is 2. The fourth-order valence-electron chi connectivity index (χ4n) is 3.67. The van der Waals surface area contributed by atoms with Crippen LogP contribution in [0.2, 0.25) is 0 Å². The van der Waals surface area contributed by atoms with Gasteiger partial charge in [-0.05, 0) is 31.9 Å². The molecule has 2 atom stereocenters. The maximum atomic E-state index is 12.8. The first-order valence-electron chi connectivity index (χ1n) is 8.77. The average Bonchev–Trinajstić information content (AvgIpc) is 2.60. The minimum absolute atomic E-state index is 0.0627. The van der Waals surface area contributed by atoms with Crippen LogP contribution in [0.25, 0.3) is 0 Å². The number of piperazine rings is 1. The van der Waals surface area contributed by atoms with Gasteiger partial charge in [0.25, 0.3) is 0 Å². The maximum absolute atomic E-state index is 12.8. The molecule has 3 rings (SSSR count). The SMILES string of the molecule is CCN(C)c1ccccc1NC(=O)N1CC(=O)N[C@H]2CCCC[C@@H]21. The summed E-state index contributed by atoms with van der Waals surface area (Å²) >= 11 is 0. The molecule has 1 aromatic rings. The summed E-state index contributed by atoms with van der Waals surface area (Å²) in [4.78, 5) is 28.6. The third-order valence-electron chi connectivity index (χ3n) is 5.08. The fourth-order valence-corrected chi connectivity index (χ4v) is 3.67. The number of benzene rings is 1. The van der Waals surface area contributed by atoms with Crippen molar-refractivity contribution in [2.24, 2.45) is 0 Å². The van der Waals surface area contributed by atoms with Gasteiger partial charge in [-0.15, -0.1) is 0 Å². The van der Waals surface area contributed by atoms with Crippen molar-refractivity contribution in [3.63, 3.8) is 0 Å². The van der Waals surface area contributed by atoms with Gasteiger partial charge < -0.3 is 20.4 Å². The van der Waals surface area contributed by atoms with Crippen molar-refractivity contribution in [1.29, 1.82) is 0 Å². The Morgan fingerprint density at radius 2 is 2.08 bits per heavy atom. The Morgan fingerprint density at radius 1 is 1.33 bits per heavy atom. The zero-order valence-electron chi connectivity index (χ0n) is 14.4. The van der Waals surface area contributed by atoms with Gasteiger partial charge in [0, 0.05) is 19.6 Å². The molecule has 1 saturated heterocycles. The lowest BCUT2D eigenvalue weighted by molar-refractivity contribution is -0.126. The second-order valence-corrected chi connectivity index (χ2v) is 6.62. The van der Waals surface area contributed by atoms with Crippen LogP contribution in [0.1, 0.15) is 32.6 Å². The van der Waals surface area contributed by atoms with Crippen LogP contribution in [0.15, 0.2) is 24.3 Å². The first kappa shape index (κ1) is 16.6. The van der Waals surface area contributed by atoms with E-state index in [1.807, 2.05) is 31.3 Å². The molecule has 0 unspecified atom stereocenters. The van der Waals surface area contributed by atoms with Gasteiger partial charge in [-0.3, -0.25) is 4.79 Å². The lowest BCUT2D eigenvalue weighted by Crippen LogP contribution is -2.63. The molecule has 1 aliphatic heterocycles. The van der Waals surface area contributed by atoms with Gasteiger partial charge in [0.15, 0.2) is 0 Å². The molecule has 6 nitrogen and oxygen atoms in total. The molecular formula is C18H26N4O2. The van der Waals surface area contributed by atoms with Crippen molar-refractivity contribution in [1.82, 2.24) is 10.2 Å². The molecule has 24 heavy (non-hydrogen) atoms. The first-order chi connectivity index (χ1) is 11.6. The molecule has 130 valence electrons. The predicted molar refractivity (Wildman–Crippen MR) is 95.3 cm³/mol. The van der Waals surface area contributed by atoms with Crippen LogP contribution < -0.4 is 15.5 Å². The Balaban J connectivity index is 1.78. The molecule has 3 amide bonds. The molecule has 2 fully saturated rings. The van der Waals surface area contributed by atoms with Crippen molar-refractivity contribution in [3.05, 3.63) is 24.3 Å². The van der Waals surface area contributed by atoms with Crippen LogP contribution in [-0.2, 0) is 4.79 Å². The highest BCUT2D eigenvalue weighted by molar-refractivity contribution is 5.96. The van der Waals surface area contributed by atoms with Gasteiger partial charge in [-0.2, -0.15) is 0 Å². The molecule has 1 aromatic carbocycles. The second-order valence-electron chi connectivity index (χ2n) is 6.62. The smallest absolute Gasteiger partial charge is 0.322 e. The van der Waals surface area contributed by atoms with Gasteiger partial charge in [-0.1, -0.05) is 25.0 Å². The Bertz CT molecular complexity index is 619. The van der Waals surface area contributed by atoms with Crippen LogP contribution in [0.5, 0.6) is 0 Å². The Kier molecular flexibility index (Phi) is 4.92. The third-order valence-corrected chi connectivity index (χ3v) is 5.08. The van der Waals surface area contributed by atoms with Gasteiger partial charge in [-0.25, -0.2) is 4.79 Å². The minimum atomic E-state index is -0.182. The number of anilines is 2. The van der Waals surface area contributed by atoms with Crippen LogP contribution >= 0.6 is 0 Å². The normalized spacial score (nSPS) is 23.2. The van der Waals surface area contributed by atoms with Crippen molar-refractivity contribution in [3.8, 4) is 0 Å². The molecule has 0 aromatic heterocycles. The van der Waals surface area contributed by atoms with E-state index in [0.29, 0.717) is 0 Å². The highest BCUT2D eigenvalue weighted by Crippen LogP contribution is 2.28. The average molecular weight is 330 g/mol. The molecule has 0 bridgehead atoms. The Hall–Kier alpha value is -2.24. The number of hydrogen-bond acceptors (Lipinski definition) is 3. The summed E-state index contributed by atoms with van der Waals surface area (Å²) in [6.07, 6.45) is 4.13. The molecule has 0 spiro atoms. The van der Waals surface area contributed by atoms with E-state index in [1.165, 1.54) is 0 Å². The van der Waals surface area contributed by atoms with Gasteiger partial charge in [0.1, 0.15) is 6.54 Å². The van der Waals surface area contributed by atoms with E-state index in [0.717, 1.165) is 43.6 Å². The van der Waals surface area contributed by atoms with Crippen molar-refractivity contribution >= 4 is 23.3 Å². The zero-order chi connectivity index (χ0) is 17.1. The number of amides is 3. The van der Waals surface area contributed by atoms with Crippen LogP contribution in [0.3, 0.4) is 0 Å². The minimum Gasteiger partial charge on any atom is -0.373 e. The summed E-state index contributed by atoms with van der Waals surface area (Å²) in [5.41, 5.74) is 1.76. The summed E-state index contributed by atoms with van der Waals surface area (Å²) in [5.74, 6) is -0.0627. The van der Waals surface area contributed by atoms with Crippen LogP contribution in [-0.4, -0.2) is 49.1 Å². The summed E-state index contributed by atoms with van der Waals surface area (Å²) in [5, 5.41) is 6.05. The molecule has 0 radical (unpaired) electrons. The number of carbonyl (C=O) groups is 2. The van der Waals surface area contributed by atoms with Crippen LogP contribution in [0, 0.1) is 0 Å². The van der Waals surface area contributed by atoms with Crippen LogP contribution in [0.4, 0.5) is 16.2 Å². The second kappa shape index (κ2) is 7.11. The van der Waals surface area contributed by atoms with Gasteiger partial charge >= 0.3 is 6.03 Å². The Morgan fingerprint density at radius 3 is 2.88 bits per heavy atom. The van der Waals surface area contributed by atoms with E-state index < -0.39 is 0 Å². The van der Waals surface area contributed by atoms with Crippen molar-refractivity contribution in [2.75, 3.05) is 30.4 Å². The van der Waals surface area contributed by atoms with E-state index in [1.54, 1.807) is 4.90 Å². The van der Waals surface area contributed by atoms with E-state index in [4.69, 9.17) is 0 Å². The number of hydrogen-bond donors (Lipinski definition) is 2. The summed E-state index contributed by atoms with van der Waals surface area (Å²) in [6.45, 7) is 3.06. The quantitative estimate of drug-likeness (QED) is 0.894. The lowest BCUT2D eigenvalue weighted by Gasteiger charge is -2.43. The molecule has 1 saturated carbocycles. The Labute approximate surface area is 143 Å². The summed E-state index contributed by atoms with van der Waals surface area (Å²) < 4.78 is 0. The summed E-state index contributed by atoms with van der Waals surface area (Å²) in [6, 6.07) is 7.79. The number of nitrogens with zero attached hydrogens (tertiary/aromatic N) is 2. The topological polar surface area (TPSA) is 64.7 Å². The van der Waals surface area contributed by atoms with Gasteiger partial charge in [0.2, 0.25) is 5.91 Å².